The van der Waals surface area contributed by atoms with Gasteiger partial charge in [0.05, 0.1) is 18.2 Å². The van der Waals surface area contributed by atoms with Crippen molar-refractivity contribution >= 4 is 13.7 Å². The third kappa shape index (κ3) is 8.25. The van der Waals surface area contributed by atoms with Gasteiger partial charge in [-0.2, -0.15) is 0 Å². The highest BCUT2D eigenvalue weighted by atomic mass is 31.2. The number of nitrogens with one attached hydrogen (secondary N) is 2. The van der Waals surface area contributed by atoms with E-state index in [1.54, 1.807) is 0 Å². The largest absolute Gasteiger partial charge is 0.470 e. The Hall–Kier alpha value is -0.580. The number of hydrogen-bond donors (Lipinski definition) is 6. The van der Waals surface area contributed by atoms with Crippen LogP contribution in [0.3, 0.4) is 0 Å². The van der Waals surface area contributed by atoms with E-state index in [2.05, 4.69) is 17.6 Å². The van der Waals surface area contributed by atoms with Crippen molar-refractivity contribution in [2.75, 3.05) is 6.54 Å². The molecule has 0 radical (unpaired) electrons. The smallest absolute Gasteiger partial charge is 0.388 e. The van der Waals surface area contributed by atoms with E-state index in [1.165, 1.54) is 6.42 Å². The highest BCUT2D eigenvalue weighted by molar-refractivity contribution is 7.46. The highest BCUT2D eigenvalue weighted by Gasteiger charge is 2.50. The number of amides is 1. The number of hydrogen-bond acceptors (Lipinski definition) is 7. The van der Waals surface area contributed by atoms with E-state index < -0.39 is 44.4 Å². The van der Waals surface area contributed by atoms with Gasteiger partial charge in [-0.3, -0.25) is 9.32 Å². The summed E-state index contributed by atoms with van der Waals surface area (Å²) in [6.45, 7) is 8.61. The van der Waals surface area contributed by atoms with Gasteiger partial charge < -0.3 is 35.4 Å². The number of unbranched alkanes of at least 4 members (excludes halogenated alkanes) is 2. The quantitative estimate of drug-likeness (QED) is 0.174. The molecule has 0 bridgehead atoms. The summed E-state index contributed by atoms with van der Waals surface area (Å²) < 4.78 is 22.2. The summed E-state index contributed by atoms with van der Waals surface area (Å²) in [5, 5.41) is 27.7. The van der Waals surface area contributed by atoms with E-state index in [4.69, 9.17) is 9.26 Å². The number of carbonyl (C=O) groups excluding carboxylic acids is 1. The minimum atomic E-state index is -4.90. The van der Waals surface area contributed by atoms with Crippen LogP contribution < -0.4 is 10.6 Å². The predicted molar refractivity (Wildman–Crippen MR) is 123 cm³/mol. The summed E-state index contributed by atoms with van der Waals surface area (Å²) >= 11 is 0. The first-order valence-electron chi connectivity index (χ1n) is 12.3. The Labute approximate surface area is 197 Å². The molecule has 2 fully saturated rings. The van der Waals surface area contributed by atoms with Crippen LogP contribution in [-0.4, -0.2) is 75.1 Å². The van der Waals surface area contributed by atoms with Gasteiger partial charge in [0.25, 0.3) is 0 Å². The van der Waals surface area contributed by atoms with Crippen molar-refractivity contribution in [1.82, 2.24) is 10.6 Å². The lowest BCUT2D eigenvalue weighted by atomic mass is 9.85. The van der Waals surface area contributed by atoms with Gasteiger partial charge in [-0.05, 0) is 37.6 Å². The molecule has 0 aliphatic carbocycles. The van der Waals surface area contributed by atoms with Crippen LogP contribution in [0.4, 0.5) is 0 Å². The van der Waals surface area contributed by atoms with Gasteiger partial charge in [0.15, 0.2) is 0 Å². The monoisotopic (exact) mass is 494 g/mol. The Morgan fingerprint density at radius 1 is 1.15 bits per heavy atom. The summed E-state index contributed by atoms with van der Waals surface area (Å²) in [5.41, 5.74) is 0. The van der Waals surface area contributed by atoms with Crippen LogP contribution in [0.1, 0.15) is 72.6 Å². The Morgan fingerprint density at radius 2 is 1.85 bits per heavy atom. The molecule has 2 rings (SSSR count). The van der Waals surface area contributed by atoms with Crippen LogP contribution in [0.15, 0.2) is 0 Å². The fraction of sp³-hybridized carbons (Fsp3) is 0.955. The second kappa shape index (κ2) is 12.9. The third-order valence-corrected chi connectivity index (χ3v) is 7.21. The number of phosphoric acid groups is 1. The number of rotatable bonds is 12. The summed E-state index contributed by atoms with van der Waals surface area (Å²) in [4.78, 5) is 31.5. The minimum Gasteiger partial charge on any atom is -0.388 e. The van der Waals surface area contributed by atoms with Gasteiger partial charge in [0.2, 0.25) is 5.91 Å². The molecule has 0 aromatic carbocycles. The number of ether oxygens (including phenoxy) is 1. The van der Waals surface area contributed by atoms with Crippen molar-refractivity contribution in [3.8, 4) is 0 Å². The first-order valence-corrected chi connectivity index (χ1v) is 13.8. The van der Waals surface area contributed by atoms with E-state index >= 15 is 0 Å². The molecule has 2 saturated heterocycles. The maximum atomic E-state index is 13.0. The van der Waals surface area contributed by atoms with E-state index in [-0.39, 0.29) is 17.9 Å². The zero-order valence-electron chi connectivity index (χ0n) is 20.2. The molecule has 33 heavy (non-hydrogen) atoms. The normalized spacial score (nSPS) is 33.9. The van der Waals surface area contributed by atoms with E-state index in [0.717, 1.165) is 32.2 Å². The zero-order valence-corrected chi connectivity index (χ0v) is 21.1. The van der Waals surface area contributed by atoms with Crippen LogP contribution in [-0.2, 0) is 18.6 Å². The first kappa shape index (κ1) is 28.7. The van der Waals surface area contributed by atoms with Crippen molar-refractivity contribution < 1.29 is 38.6 Å². The highest BCUT2D eigenvalue weighted by Crippen LogP contribution is 2.42. The lowest BCUT2D eigenvalue weighted by Gasteiger charge is -2.46. The standard InChI is InChI=1S/C22H43N2O8P/c1-5-7-8-10-14-11-15(23-12-14)22(27)24-17(13(3)4)21-19(26)18(25)20(32-33(28,29)30)16(31-21)9-6-2/h13-21,23,25-26H,5-12H2,1-4H3,(H,24,27)(H2,28,29,30)/t14-,15-,16+,17+,18-,19+,20-,21+/m0/s1. The first-order chi connectivity index (χ1) is 15.5. The molecule has 8 atom stereocenters. The Kier molecular flexibility index (Phi) is 11.2. The molecule has 0 spiro atoms. The molecule has 194 valence electrons. The van der Waals surface area contributed by atoms with Crippen molar-refractivity contribution in [2.45, 2.75) is 115 Å². The van der Waals surface area contributed by atoms with Gasteiger partial charge in [0, 0.05) is 0 Å². The predicted octanol–water partition coefficient (Wildman–Crippen LogP) is 1.45. The molecule has 2 heterocycles. The molecular formula is C22H43N2O8P. The third-order valence-electron chi connectivity index (χ3n) is 6.69. The number of phosphoric ester groups is 1. The molecule has 0 unspecified atom stereocenters. The molecule has 0 aromatic heterocycles. The van der Waals surface area contributed by atoms with Gasteiger partial charge >= 0.3 is 7.82 Å². The van der Waals surface area contributed by atoms with Crippen molar-refractivity contribution in [3.05, 3.63) is 0 Å². The molecule has 10 nitrogen and oxygen atoms in total. The van der Waals surface area contributed by atoms with Crippen molar-refractivity contribution in [1.29, 1.82) is 0 Å². The Bertz CT molecular complexity index is 660. The summed E-state index contributed by atoms with van der Waals surface area (Å²) in [7, 11) is -4.90. The molecule has 0 saturated carbocycles. The van der Waals surface area contributed by atoms with Crippen LogP contribution in [0, 0.1) is 11.8 Å². The number of aliphatic hydroxyl groups excluding tert-OH is 2. The SMILES string of the molecule is CCCCC[C@@H]1CN[C@H](C(=O)N[C@H](C(C)C)[C@H]2O[C@H](CCC)[C@H](OP(=O)(O)O)[C@@H](O)[C@H]2O)C1. The van der Waals surface area contributed by atoms with E-state index in [0.29, 0.717) is 18.8 Å². The average molecular weight is 495 g/mol. The maximum absolute atomic E-state index is 13.0. The fourth-order valence-corrected chi connectivity index (χ4v) is 5.45. The second-order valence-corrected chi connectivity index (χ2v) is 11.0. The molecular weight excluding hydrogens is 451 g/mol. The Morgan fingerprint density at radius 3 is 2.42 bits per heavy atom. The van der Waals surface area contributed by atoms with Crippen LogP contribution >= 0.6 is 7.82 Å². The van der Waals surface area contributed by atoms with Crippen LogP contribution in [0.5, 0.6) is 0 Å². The molecule has 6 N–H and O–H groups in total. The fourth-order valence-electron chi connectivity index (χ4n) is 4.88. The van der Waals surface area contributed by atoms with E-state index in [9.17, 15) is 29.4 Å². The number of carbonyl (C=O) groups is 1. The van der Waals surface area contributed by atoms with Gasteiger partial charge in [0.1, 0.15) is 24.4 Å². The van der Waals surface area contributed by atoms with E-state index in [1.807, 2.05) is 20.8 Å². The minimum absolute atomic E-state index is 0.121. The summed E-state index contributed by atoms with van der Waals surface area (Å²) in [5.74, 6) is 0.171. The van der Waals surface area contributed by atoms with Gasteiger partial charge in [-0.25, -0.2) is 4.57 Å². The topological polar surface area (TPSA) is 158 Å². The number of aliphatic hydroxyl groups is 2. The molecule has 0 aromatic rings. The summed E-state index contributed by atoms with van der Waals surface area (Å²) in [6, 6.07) is -0.917. The van der Waals surface area contributed by atoms with Gasteiger partial charge in [-0.1, -0.05) is 53.4 Å². The zero-order chi connectivity index (χ0) is 24.8. The molecule has 1 amide bonds. The second-order valence-electron chi connectivity index (χ2n) is 9.81. The van der Waals surface area contributed by atoms with Crippen molar-refractivity contribution in [3.63, 3.8) is 0 Å². The van der Waals surface area contributed by atoms with Crippen LogP contribution in [0.25, 0.3) is 0 Å². The average Bonchev–Trinajstić information content (AvgIpc) is 3.20. The van der Waals surface area contributed by atoms with Gasteiger partial charge in [-0.15, -0.1) is 0 Å². The lowest BCUT2D eigenvalue weighted by Crippen LogP contribution is -2.65. The molecule has 2 aliphatic heterocycles. The molecule has 11 heteroatoms. The Balaban J connectivity index is 2.08. The van der Waals surface area contributed by atoms with Crippen LogP contribution in [0.2, 0.25) is 0 Å². The molecule has 2 aliphatic rings. The lowest BCUT2D eigenvalue weighted by molar-refractivity contribution is -0.228. The van der Waals surface area contributed by atoms with Crippen molar-refractivity contribution in [2.24, 2.45) is 11.8 Å². The summed E-state index contributed by atoms with van der Waals surface area (Å²) in [6.07, 6.45) is 0.127. The maximum Gasteiger partial charge on any atom is 0.470 e.